The van der Waals surface area contributed by atoms with Crippen molar-refractivity contribution in [2.24, 2.45) is 0 Å². The van der Waals surface area contributed by atoms with Crippen molar-refractivity contribution < 1.29 is 17.9 Å². The van der Waals surface area contributed by atoms with Crippen LogP contribution in [0.1, 0.15) is 10.4 Å². The Hall–Kier alpha value is -4.05. The number of fused-ring (bicyclic) bond motifs is 1. The van der Waals surface area contributed by atoms with Crippen LogP contribution in [0.5, 0.6) is 5.75 Å². The van der Waals surface area contributed by atoms with E-state index in [1.165, 1.54) is 30.3 Å². The predicted molar refractivity (Wildman–Crippen MR) is 120 cm³/mol. The highest BCUT2D eigenvalue weighted by Gasteiger charge is 2.19. The molecule has 3 aromatic carbocycles. The summed E-state index contributed by atoms with van der Waals surface area (Å²) in [6.07, 6.45) is 0. The van der Waals surface area contributed by atoms with E-state index >= 15 is 0 Å². The molecule has 4 N–H and O–H groups in total. The van der Waals surface area contributed by atoms with Crippen molar-refractivity contribution in [1.82, 2.24) is 15.3 Å². The average molecular weight is 452 g/mol. The third kappa shape index (κ3) is 4.81. The minimum Gasteiger partial charge on any atom is -0.492 e. The van der Waals surface area contributed by atoms with Gasteiger partial charge in [0, 0.05) is 0 Å². The van der Waals surface area contributed by atoms with Gasteiger partial charge in [-0.3, -0.25) is 9.52 Å². The van der Waals surface area contributed by atoms with E-state index in [4.69, 9.17) is 4.74 Å². The molecule has 0 fully saturated rings. The Bertz CT molecular complexity index is 1410. The van der Waals surface area contributed by atoms with Gasteiger partial charge >= 0.3 is 5.69 Å². The summed E-state index contributed by atoms with van der Waals surface area (Å²) in [5.74, 6) is 0.251. The Balaban J connectivity index is 1.45. The zero-order valence-electron chi connectivity index (χ0n) is 16.8. The van der Waals surface area contributed by atoms with E-state index in [9.17, 15) is 18.0 Å². The minimum atomic E-state index is -4.00. The molecule has 0 aliphatic heterocycles. The fourth-order valence-corrected chi connectivity index (χ4v) is 4.20. The fraction of sp³-hybridized carbons (Fsp3) is 0.0909. The lowest BCUT2D eigenvalue weighted by atomic mass is 10.1. The highest BCUT2D eigenvalue weighted by Crippen LogP contribution is 2.22. The first-order valence-electron chi connectivity index (χ1n) is 9.72. The first kappa shape index (κ1) is 21.2. The lowest BCUT2D eigenvalue weighted by Gasteiger charge is -2.13. The zero-order valence-corrected chi connectivity index (χ0v) is 17.6. The maximum Gasteiger partial charge on any atom is 0.323 e. The summed E-state index contributed by atoms with van der Waals surface area (Å²) >= 11 is 0. The molecule has 1 amide bonds. The zero-order chi connectivity index (χ0) is 22.6. The number of H-pyrrole nitrogens is 2. The Morgan fingerprint density at radius 3 is 2.44 bits per heavy atom. The maximum absolute atomic E-state index is 12.9. The fourth-order valence-electron chi connectivity index (χ4n) is 3.10. The predicted octanol–water partition coefficient (Wildman–Crippen LogP) is 2.47. The number of ether oxygens (including phenoxy) is 1. The number of sulfonamides is 1. The molecule has 0 bridgehead atoms. The van der Waals surface area contributed by atoms with Crippen LogP contribution in [0.25, 0.3) is 11.0 Å². The molecule has 0 atom stereocenters. The van der Waals surface area contributed by atoms with Crippen LogP contribution in [0.2, 0.25) is 0 Å². The molecule has 0 spiro atoms. The van der Waals surface area contributed by atoms with Gasteiger partial charge in [-0.25, -0.2) is 13.2 Å². The number of carbonyl (C=O) groups is 1. The molecule has 1 aromatic heterocycles. The SMILES string of the molecule is O=C(NCCOc1ccccc1)c1ccccc1NS(=O)(=O)c1ccc2[nH]c(=O)[nH]c2c1. The number of aromatic amines is 2. The van der Waals surface area contributed by atoms with Gasteiger partial charge < -0.3 is 20.0 Å². The van der Waals surface area contributed by atoms with Crippen molar-refractivity contribution in [3.05, 3.63) is 88.8 Å². The molecule has 0 saturated carbocycles. The van der Waals surface area contributed by atoms with Crippen LogP contribution < -0.4 is 20.5 Å². The molecule has 4 aromatic rings. The molecule has 0 saturated heterocycles. The number of para-hydroxylation sites is 2. The Kier molecular flexibility index (Phi) is 5.95. The molecule has 1 heterocycles. The van der Waals surface area contributed by atoms with Gasteiger partial charge in [-0.15, -0.1) is 0 Å². The van der Waals surface area contributed by atoms with Crippen LogP contribution in [0, 0.1) is 0 Å². The van der Waals surface area contributed by atoms with Gasteiger partial charge in [0.1, 0.15) is 12.4 Å². The number of imidazole rings is 1. The molecule has 9 nitrogen and oxygen atoms in total. The summed E-state index contributed by atoms with van der Waals surface area (Å²) in [6, 6.07) is 19.7. The molecule has 0 aliphatic rings. The van der Waals surface area contributed by atoms with E-state index in [2.05, 4.69) is 20.0 Å². The third-order valence-corrected chi connectivity index (χ3v) is 5.98. The van der Waals surface area contributed by atoms with Crippen molar-refractivity contribution in [3.63, 3.8) is 0 Å². The van der Waals surface area contributed by atoms with Crippen molar-refractivity contribution in [2.75, 3.05) is 17.9 Å². The first-order valence-corrected chi connectivity index (χ1v) is 11.2. The van der Waals surface area contributed by atoms with Gasteiger partial charge in [-0.1, -0.05) is 30.3 Å². The third-order valence-electron chi connectivity index (χ3n) is 4.61. The number of anilines is 1. The average Bonchev–Trinajstić information content (AvgIpc) is 3.16. The van der Waals surface area contributed by atoms with Gasteiger partial charge in [0.2, 0.25) is 0 Å². The summed E-state index contributed by atoms with van der Waals surface area (Å²) in [5.41, 5.74) is 0.734. The second kappa shape index (κ2) is 8.98. The largest absolute Gasteiger partial charge is 0.492 e. The van der Waals surface area contributed by atoms with Crippen LogP contribution in [0.3, 0.4) is 0 Å². The number of amides is 1. The van der Waals surface area contributed by atoms with Crippen molar-refractivity contribution in [2.45, 2.75) is 4.90 Å². The summed E-state index contributed by atoms with van der Waals surface area (Å²) < 4.78 is 33.8. The van der Waals surface area contributed by atoms with E-state index in [0.717, 1.165) is 0 Å². The van der Waals surface area contributed by atoms with Crippen LogP contribution >= 0.6 is 0 Å². The number of hydrogen-bond donors (Lipinski definition) is 4. The molecular weight excluding hydrogens is 432 g/mol. The van der Waals surface area contributed by atoms with Crippen molar-refractivity contribution >= 4 is 32.7 Å². The first-order chi connectivity index (χ1) is 15.4. The van der Waals surface area contributed by atoms with E-state index in [1.807, 2.05) is 30.3 Å². The summed E-state index contributed by atoms with van der Waals surface area (Å²) in [7, 11) is -4.00. The molecular formula is C22H20N4O5S. The van der Waals surface area contributed by atoms with Gasteiger partial charge in [0.25, 0.3) is 15.9 Å². The van der Waals surface area contributed by atoms with Crippen LogP contribution in [0.15, 0.2) is 82.5 Å². The number of rotatable bonds is 8. The second-order valence-electron chi connectivity index (χ2n) is 6.86. The molecule has 0 aliphatic carbocycles. The summed E-state index contributed by atoms with van der Waals surface area (Å²) in [6.45, 7) is 0.505. The highest BCUT2D eigenvalue weighted by atomic mass is 32.2. The van der Waals surface area contributed by atoms with Crippen LogP contribution in [-0.2, 0) is 10.0 Å². The Morgan fingerprint density at radius 1 is 0.906 bits per heavy atom. The van der Waals surface area contributed by atoms with E-state index < -0.39 is 21.6 Å². The van der Waals surface area contributed by atoms with Gasteiger partial charge in [-0.2, -0.15) is 0 Å². The molecule has 0 unspecified atom stereocenters. The second-order valence-corrected chi connectivity index (χ2v) is 8.54. The number of nitrogens with one attached hydrogen (secondary N) is 4. The van der Waals surface area contributed by atoms with Gasteiger partial charge in [0.15, 0.2) is 0 Å². The molecule has 10 heteroatoms. The minimum absolute atomic E-state index is 0.0493. The lowest BCUT2D eigenvalue weighted by molar-refractivity contribution is 0.0948. The van der Waals surface area contributed by atoms with E-state index in [0.29, 0.717) is 16.8 Å². The Morgan fingerprint density at radius 2 is 1.62 bits per heavy atom. The van der Waals surface area contributed by atoms with Gasteiger partial charge in [0.05, 0.1) is 33.7 Å². The quantitative estimate of drug-likeness (QED) is 0.305. The molecule has 0 radical (unpaired) electrons. The molecule has 4 rings (SSSR count). The normalized spacial score (nSPS) is 11.2. The van der Waals surface area contributed by atoms with E-state index in [-0.39, 0.29) is 29.3 Å². The molecule has 32 heavy (non-hydrogen) atoms. The molecule has 164 valence electrons. The van der Waals surface area contributed by atoms with Crippen LogP contribution in [-0.4, -0.2) is 37.4 Å². The highest BCUT2D eigenvalue weighted by molar-refractivity contribution is 7.92. The topological polar surface area (TPSA) is 133 Å². The maximum atomic E-state index is 12.9. The summed E-state index contributed by atoms with van der Waals surface area (Å²) in [5, 5.41) is 2.72. The van der Waals surface area contributed by atoms with E-state index in [1.54, 1.807) is 12.1 Å². The number of carbonyl (C=O) groups excluding carboxylic acids is 1. The van der Waals surface area contributed by atoms with Crippen LogP contribution in [0.4, 0.5) is 5.69 Å². The number of hydrogen-bond acceptors (Lipinski definition) is 5. The standard InChI is InChI=1S/C22H20N4O5S/c27-21(23-12-13-31-15-6-2-1-3-7-15)17-8-4-5-9-18(17)26-32(29,30)16-10-11-19-20(14-16)25-22(28)24-19/h1-11,14,26H,12-13H2,(H,23,27)(H2,24,25,28). The van der Waals surface area contributed by atoms with Crippen molar-refractivity contribution in [1.29, 1.82) is 0 Å². The monoisotopic (exact) mass is 452 g/mol. The number of aromatic nitrogens is 2. The Labute approximate surface area is 183 Å². The summed E-state index contributed by atoms with van der Waals surface area (Å²) in [4.78, 5) is 29.1. The smallest absolute Gasteiger partial charge is 0.323 e. The van der Waals surface area contributed by atoms with Gasteiger partial charge in [-0.05, 0) is 42.5 Å². The lowest BCUT2D eigenvalue weighted by Crippen LogP contribution is -2.29. The van der Waals surface area contributed by atoms with Crippen molar-refractivity contribution in [3.8, 4) is 5.75 Å². The number of benzene rings is 3.